The molecule has 4 rings (SSSR count). The van der Waals surface area contributed by atoms with E-state index in [9.17, 15) is 0 Å². The first kappa shape index (κ1) is 15.2. The van der Waals surface area contributed by atoms with Crippen LogP contribution in [-0.4, -0.2) is 34.2 Å². The molecule has 1 aromatic carbocycles. The normalized spacial score (nSPS) is 19.9. The van der Waals surface area contributed by atoms with Gasteiger partial charge in [0.15, 0.2) is 5.16 Å². The van der Waals surface area contributed by atoms with Crippen molar-refractivity contribution in [2.75, 3.05) is 19.3 Å². The zero-order chi connectivity index (χ0) is 15.7. The third kappa shape index (κ3) is 2.90. The molecule has 1 saturated heterocycles. The number of benzene rings is 1. The summed E-state index contributed by atoms with van der Waals surface area (Å²) in [6, 6.07) is 9.09. The SMILES string of the molecule is CSc1ncc(CN2CCC3(CCc4ccccc43)CC2)cn1. The fourth-order valence-corrected chi connectivity index (χ4v) is 4.53. The molecule has 2 aromatic rings. The molecule has 2 heterocycles. The van der Waals surface area contributed by atoms with Crippen LogP contribution in [0.5, 0.6) is 0 Å². The zero-order valence-corrected chi connectivity index (χ0v) is 14.5. The van der Waals surface area contributed by atoms with Crippen molar-refractivity contribution < 1.29 is 0 Å². The van der Waals surface area contributed by atoms with Crippen LogP contribution in [0, 0.1) is 0 Å². The number of hydrogen-bond donors (Lipinski definition) is 0. The smallest absolute Gasteiger partial charge is 0.187 e. The van der Waals surface area contributed by atoms with Crippen molar-refractivity contribution in [3.8, 4) is 0 Å². The van der Waals surface area contributed by atoms with Crippen molar-refractivity contribution in [3.05, 3.63) is 53.3 Å². The average Bonchev–Trinajstić information content (AvgIpc) is 2.97. The van der Waals surface area contributed by atoms with E-state index in [2.05, 4.69) is 39.1 Å². The van der Waals surface area contributed by atoms with Crippen LogP contribution in [0.1, 0.15) is 36.0 Å². The van der Waals surface area contributed by atoms with Crippen LogP contribution in [-0.2, 0) is 18.4 Å². The molecule has 1 fully saturated rings. The van der Waals surface area contributed by atoms with Crippen LogP contribution in [0.3, 0.4) is 0 Å². The Kier molecular flexibility index (Phi) is 4.12. The summed E-state index contributed by atoms with van der Waals surface area (Å²) in [6.07, 6.45) is 11.1. The number of aromatic nitrogens is 2. The van der Waals surface area contributed by atoms with E-state index < -0.39 is 0 Å². The minimum Gasteiger partial charge on any atom is -0.299 e. The molecular weight excluding hydrogens is 302 g/mol. The first-order valence-electron chi connectivity index (χ1n) is 8.45. The van der Waals surface area contributed by atoms with Crippen molar-refractivity contribution in [1.29, 1.82) is 0 Å². The predicted molar refractivity (Wildman–Crippen MR) is 94.8 cm³/mol. The van der Waals surface area contributed by atoms with E-state index >= 15 is 0 Å². The molecule has 2 aliphatic rings. The van der Waals surface area contributed by atoms with Gasteiger partial charge in [-0.15, -0.1) is 0 Å². The van der Waals surface area contributed by atoms with Crippen molar-refractivity contribution >= 4 is 11.8 Å². The molecule has 0 saturated carbocycles. The highest BCUT2D eigenvalue weighted by atomic mass is 32.2. The van der Waals surface area contributed by atoms with Crippen molar-refractivity contribution in [3.63, 3.8) is 0 Å². The maximum absolute atomic E-state index is 4.39. The Morgan fingerprint density at radius 3 is 2.57 bits per heavy atom. The highest BCUT2D eigenvalue weighted by Gasteiger charge is 2.40. The highest BCUT2D eigenvalue weighted by molar-refractivity contribution is 7.98. The lowest BCUT2D eigenvalue weighted by Gasteiger charge is -2.40. The number of aryl methyl sites for hydroxylation is 1. The van der Waals surface area contributed by atoms with Crippen molar-refractivity contribution in [2.45, 2.75) is 42.8 Å². The van der Waals surface area contributed by atoms with E-state index in [-0.39, 0.29) is 0 Å². The molecular formula is C19H23N3S. The number of fused-ring (bicyclic) bond motifs is 2. The van der Waals surface area contributed by atoms with Crippen LogP contribution in [0.2, 0.25) is 0 Å². The first-order valence-corrected chi connectivity index (χ1v) is 9.67. The summed E-state index contributed by atoms with van der Waals surface area (Å²) < 4.78 is 0. The Balaban J connectivity index is 1.41. The maximum atomic E-state index is 4.39. The second-order valence-electron chi connectivity index (χ2n) is 6.79. The van der Waals surface area contributed by atoms with E-state index in [0.29, 0.717) is 5.41 Å². The van der Waals surface area contributed by atoms with Crippen LogP contribution in [0.25, 0.3) is 0 Å². The zero-order valence-electron chi connectivity index (χ0n) is 13.7. The monoisotopic (exact) mass is 325 g/mol. The summed E-state index contributed by atoms with van der Waals surface area (Å²) in [4.78, 5) is 11.3. The number of likely N-dealkylation sites (tertiary alicyclic amines) is 1. The lowest BCUT2D eigenvalue weighted by molar-refractivity contribution is 0.152. The molecule has 0 bridgehead atoms. The maximum Gasteiger partial charge on any atom is 0.187 e. The van der Waals surface area contributed by atoms with Gasteiger partial charge in [0.1, 0.15) is 0 Å². The Labute approximate surface area is 142 Å². The van der Waals surface area contributed by atoms with Crippen LogP contribution < -0.4 is 0 Å². The van der Waals surface area contributed by atoms with Gasteiger partial charge in [-0.3, -0.25) is 4.90 Å². The van der Waals surface area contributed by atoms with E-state index in [1.165, 1.54) is 44.3 Å². The van der Waals surface area contributed by atoms with Crippen molar-refractivity contribution in [2.24, 2.45) is 0 Å². The third-order valence-electron chi connectivity index (χ3n) is 5.55. The number of thioether (sulfide) groups is 1. The molecule has 4 heteroatoms. The molecule has 0 N–H and O–H groups in total. The van der Waals surface area contributed by atoms with Crippen molar-refractivity contribution in [1.82, 2.24) is 14.9 Å². The number of hydrogen-bond acceptors (Lipinski definition) is 4. The summed E-state index contributed by atoms with van der Waals surface area (Å²) in [7, 11) is 0. The van der Waals surface area contributed by atoms with Gasteiger partial charge >= 0.3 is 0 Å². The minimum absolute atomic E-state index is 0.451. The van der Waals surface area contributed by atoms with Gasteiger partial charge in [-0.05, 0) is 61.6 Å². The van der Waals surface area contributed by atoms with E-state index in [1.807, 2.05) is 18.6 Å². The third-order valence-corrected chi connectivity index (χ3v) is 6.12. The fourth-order valence-electron chi connectivity index (χ4n) is 4.21. The molecule has 1 aliphatic carbocycles. The van der Waals surface area contributed by atoms with E-state index in [4.69, 9.17) is 0 Å². The Hall–Kier alpha value is -1.39. The van der Waals surface area contributed by atoms with Gasteiger partial charge in [-0.2, -0.15) is 0 Å². The van der Waals surface area contributed by atoms with Crippen LogP contribution in [0.15, 0.2) is 41.8 Å². The second-order valence-corrected chi connectivity index (χ2v) is 7.57. The predicted octanol–water partition coefficient (Wildman–Crippen LogP) is 3.68. The Morgan fingerprint density at radius 1 is 1.09 bits per heavy atom. The quantitative estimate of drug-likeness (QED) is 0.636. The number of rotatable bonds is 3. The van der Waals surface area contributed by atoms with Gasteiger partial charge in [0.05, 0.1) is 0 Å². The molecule has 1 spiro atoms. The van der Waals surface area contributed by atoms with Gasteiger partial charge in [0, 0.05) is 24.5 Å². The molecule has 0 atom stereocenters. The van der Waals surface area contributed by atoms with Gasteiger partial charge in [0.2, 0.25) is 0 Å². The summed E-state index contributed by atoms with van der Waals surface area (Å²) in [6.45, 7) is 3.34. The van der Waals surface area contributed by atoms with Crippen LogP contribution >= 0.6 is 11.8 Å². The highest BCUT2D eigenvalue weighted by Crippen LogP contribution is 2.46. The largest absolute Gasteiger partial charge is 0.299 e. The number of nitrogens with zero attached hydrogens (tertiary/aromatic N) is 3. The summed E-state index contributed by atoms with van der Waals surface area (Å²) in [5.74, 6) is 0. The summed E-state index contributed by atoms with van der Waals surface area (Å²) >= 11 is 1.59. The number of piperidine rings is 1. The molecule has 0 amide bonds. The summed E-state index contributed by atoms with van der Waals surface area (Å²) in [5.41, 5.74) is 4.90. The molecule has 0 radical (unpaired) electrons. The Morgan fingerprint density at radius 2 is 1.83 bits per heavy atom. The molecule has 3 nitrogen and oxygen atoms in total. The lowest BCUT2D eigenvalue weighted by atomic mass is 9.74. The second kappa shape index (κ2) is 6.25. The topological polar surface area (TPSA) is 29.0 Å². The van der Waals surface area contributed by atoms with Gasteiger partial charge in [0.25, 0.3) is 0 Å². The van der Waals surface area contributed by atoms with Gasteiger partial charge < -0.3 is 0 Å². The van der Waals surface area contributed by atoms with E-state index in [0.717, 1.165) is 11.7 Å². The Bertz CT molecular complexity index is 675. The molecule has 1 aromatic heterocycles. The first-order chi connectivity index (χ1) is 11.3. The van der Waals surface area contributed by atoms with E-state index in [1.54, 1.807) is 22.9 Å². The van der Waals surface area contributed by atoms with Crippen LogP contribution in [0.4, 0.5) is 0 Å². The molecule has 23 heavy (non-hydrogen) atoms. The molecule has 1 aliphatic heterocycles. The average molecular weight is 325 g/mol. The van der Waals surface area contributed by atoms with Gasteiger partial charge in [-0.1, -0.05) is 36.0 Å². The lowest BCUT2D eigenvalue weighted by Crippen LogP contribution is -2.41. The summed E-state index contributed by atoms with van der Waals surface area (Å²) in [5, 5.41) is 0.855. The van der Waals surface area contributed by atoms with Gasteiger partial charge in [-0.25, -0.2) is 9.97 Å². The molecule has 120 valence electrons. The molecule has 0 unspecified atom stereocenters. The standard InChI is InChI=1S/C19H23N3S/c1-23-18-20-12-15(13-21-18)14-22-10-8-19(9-11-22)7-6-16-4-2-3-5-17(16)19/h2-5,12-13H,6-11,14H2,1H3. The fraction of sp³-hybridized carbons (Fsp3) is 0.474. The minimum atomic E-state index is 0.451.